The number of fused-ring (bicyclic) bond motifs is 2. The molecule has 0 radical (unpaired) electrons. The number of carbonyl (C=O) groups excluding carboxylic acids is 1. The molecule has 2 aromatic carbocycles. The number of rotatable bonds is 6. The highest BCUT2D eigenvalue weighted by Gasteiger charge is 2.70. The van der Waals surface area contributed by atoms with E-state index in [9.17, 15) is 22.0 Å². The highest BCUT2D eigenvalue weighted by Crippen LogP contribution is 2.64. The molecule has 3 aliphatic rings. The number of halogens is 2. The first-order valence-electron chi connectivity index (χ1n) is 12.7. The van der Waals surface area contributed by atoms with E-state index in [4.69, 9.17) is 4.42 Å². The quantitative estimate of drug-likeness (QED) is 0.509. The fraction of sp³-hybridized carbons (Fsp3) is 0.481. The summed E-state index contributed by atoms with van der Waals surface area (Å²) in [5, 5.41) is 2.95. The first-order chi connectivity index (χ1) is 17.6. The van der Waals surface area contributed by atoms with Crippen molar-refractivity contribution in [2.45, 2.75) is 68.4 Å². The monoisotopic (exact) mass is 529 g/mol. The number of amides is 1. The van der Waals surface area contributed by atoms with Crippen molar-refractivity contribution in [2.75, 3.05) is 6.54 Å². The molecule has 196 valence electrons. The number of nitrogens with zero attached hydrogens (tertiary/aromatic N) is 2. The molecule has 0 unspecified atom stereocenters. The molecule has 10 heteroatoms. The third kappa shape index (κ3) is 4.33. The van der Waals surface area contributed by atoms with Crippen molar-refractivity contribution >= 4 is 27.0 Å². The normalized spacial score (nSPS) is 27.8. The summed E-state index contributed by atoms with van der Waals surface area (Å²) >= 11 is 0. The van der Waals surface area contributed by atoms with Crippen LogP contribution >= 0.6 is 0 Å². The van der Waals surface area contributed by atoms with Crippen LogP contribution in [0.2, 0.25) is 0 Å². The summed E-state index contributed by atoms with van der Waals surface area (Å²) in [4.78, 5) is 18.2. The van der Waals surface area contributed by atoms with Gasteiger partial charge in [0.15, 0.2) is 12.0 Å². The van der Waals surface area contributed by atoms with E-state index in [1.54, 1.807) is 24.3 Å². The maximum atomic E-state index is 13.8. The highest BCUT2D eigenvalue weighted by atomic mass is 32.2. The maximum absolute atomic E-state index is 13.8. The molecule has 3 fully saturated rings. The summed E-state index contributed by atoms with van der Waals surface area (Å²) < 4.78 is 61.6. The zero-order valence-corrected chi connectivity index (χ0v) is 21.3. The topological polar surface area (TPSA) is 92.5 Å². The molecule has 3 aromatic rings. The number of aromatic nitrogens is 1. The van der Waals surface area contributed by atoms with Crippen molar-refractivity contribution in [2.24, 2.45) is 11.3 Å². The minimum atomic E-state index is -3.94. The number of hydrogen-bond donors (Lipinski definition) is 1. The zero-order chi connectivity index (χ0) is 26.0. The maximum Gasteiger partial charge on any atom is 0.248 e. The van der Waals surface area contributed by atoms with E-state index in [1.165, 1.54) is 10.7 Å². The van der Waals surface area contributed by atoms with Crippen LogP contribution in [-0.4, -0.2) is 48.2 Å². The molecule has 6 rings (SSSR count). The van der Waals surface area contributed by atoms with E-state index in [0.717, 1.165) is 17.5 Å². The van der Waals surface area contributed by atoms with Gasteiger partial charge >= 0.3 is 0 Å². The van der Waals surface area contributed by atoms with Crippen LogP contribution in [0.25, 0.3) is 11.1 Å². The molecule has 1 saturated heterocycles. The van der Waals surface area contributed by atoms with Gasteiger partial charge in [0.25, 0.3) is 0 Å². The summed E-state index contributed by atoms with van der Waals surface area (Å²) in [5.41, 5.74) is 2.70. The number of oxazole rings is 1. The molecule has 2 aliphatic carbocycles. The number of benzene rings is 2. The van der Waals surface area contributed by atoms with Crippen molar-refractivity contribution in [1.82, 2.24) is 14.6 Å². The molecule has 2 heterocycles. The molecule has 0 spiro atoms. The van der Waals surface area contributed by atoms with Gasteiger partial charge in [-0.05, 0) is 68.4 Å². The van der Waals surface area contributed by atoms with Gasteiger partial charge in [0.1, 0.15) is 11.6 Å². The Kier molecular flexibility index (Phi) is 5.69. The van der Waals surface area contributed by atoms with Gasteiger partial charge in [-0.2, -0.15) is 4.31 Å². The number of hydrogen-bond acceptors (Lipinski definition) is 5. The third-order valence-electron chi connectivity index (χ3n) is 8.38. The Hall–Kier alpha value is -2.85. The van der Waals surface area contributed by atoms with Gasteiger partial charge in [0.05, 0.1) is 4.90 Å². The van der Waals surface area contributed by atoms with Gasteiger partial charge < -0.3 is 9.73 Å². The number of nitrogens with one attached hydrogen (secondary N) is 1. The van der Waals surface area contributed by atoms with Gasteiger partial charge in [-0.25, -0.2) is 22.2 Å². The second-order valence-electron chi connectivity index (χ2n) is 10.9. The van der Waals surface area contributed by atoms with Crippen molar-refractivity contribution in [3.63, 3.8) is 0 Å². The summed E-state index contributed by atoms with van der Waals surface area (Å²) in [6, 6.07) is 11.0. The van der Waals surface area contributed by atoms with Crippen LogP contribution in [0.5, 0.6) is 0 Å². The highest BCUT2D eigenvalue weighted by molar-refractivity contribution is 7.89. The minimum absolute atomic E-state index is 0.0344. The van der Waals surface area contributed by atoms with Crippen molar-refractivity contribution in [3.05, 3.63) is 60.0 Å². The molecule has 2 saturated carbocycles. The lowest BCUT2D eigenvalue weighted by molar-refractivity contribution is -0.128. The summed E-state index contributed by atoms with van der Waals surface area (Å²) in [6.07, 6.45) is 2.41. The number of aryl methyl sites for hydroxylation is 1. The predicted octanol–water partition coefficient (Wildman–Crippen LogP) is 4.45. The average Bonchev–Trinajstić information content (AvgIpc) is 3.18. The van der Waals surface area contributed by atoms with Crippen LogP contribution in [0.3, 0.4) is 0 Å². The number of sulfonamides is 1. The Bertz CT molecular complexity index is 1450. The molecule has 1 aromatic heterocycles. The molecule has 0 bridgehead atoms. The number of carbonyl (C=O) groups is 1. The van der Waals surface area contributed by atoms with Crippen LogP contribution in [-0.2, 0) is 21.2 Å². The molecule has 3 atom stereocenters. The Balaban J connectivity index is 1.32. The molecule has 1 aliphatic heterocycles. The largest absolute Gasteiger partial charge is 0.443 e. The van der Waals surface area contributed by atoms with Crippen LogP contribution in [0.15, 0.2) is 58.2 Å². The second-order valence-corrected chi connectivity index (χ2v) is 12.8. The lowest BCUT2D eigenvalue weighted by Crippen LogP contribution is -2.54. The first-order valence-corrected chi connectivity index (χ1v) is 14.1. The van der Waals surface area contributed by atoms with Crippen LogP contribution < -0.4 is 5.32 Å². The van der Waals surface area contributed by atoms with Gasteiger partial charge in [0, 0.05) is 30.8 Å². The van der Waals surface area contributed by atoms with Gasteiger partial charge in [-0.1, -0.05) is 23.8 Å². The number of piperidine rings is 1. The minimum Gasteiger partial charge on any atom is -0.443 e. The molecular weight excluding hydrogens is 500 g/mol. The van der Waals surface area contributed by atoms with Gasteiger partial charge in [-0.15, -0.1) is 0 Å². The lowest BCUT2D eigenvalue weighted by Gasteiger charge is -2.34. The van der Waals surface area contributed by atoms with Crippen molar-refractivity contribution in [3.8, 4) is 0 Å². The van der Waals surface area contributed by atoms with Gasteiger partial charge in [0.2, 0.25) is 21.9 Å². The first kappa shape index (κ1) is 24.5. The fourth-order valence-electron chi connectivity index (χ4n) is 6.24. The fourth-order valence-corrected chi connectivity index (χ4v) is 7.95. The Morgan fingerprint density at radius 2 is 1.89 bits per heavy atom. The SMILES string of the molecule is Cc1ccc(S(=O)(=O)N2C[C@@H]3C[C@@]3(Cc3ccc4ocnc4c3)[C@H]2C(=O)NC2CCC(F)(F)CC2)cc1. The molecule has 7 nitrogen and oxygen atoms in total. The third-order valence-corrected chi connectivity index (χ3v) is 10.2. The van der Waals surface area contributed by atoms with Crippen LogP contribution in [0.1, 0.15) is 43.2 Å². The Labute approximate surface area is 214 Å². The van der Waals surface area contributed by atoms with Crippen molar-refractivity contribution < 1.29 is 26.4 Å². The van der Waals surface area contributed by atoms with Crippen molar-refractivity contribution in [1.29, 1.82) is 0 Å². The summed E-state index contributed by atoms with van der Waals surface area (Å²) in [6.45, 7) is 2.13. The van der Waals surface area contributed by atoms with E-state index in [2.05, 4.69) is 10.3 Å². The van der Waals surface area contributed by atoms with E-state index in [-0.39, 0.29) is 43.0 Å². The Morgan fingerprint density at radius 1 is 1.16 bits per heavy atom. The van der Waals surface area contributed by atoms with Crippen LogP contribution in [0.4, 0.5) is 8.78 Å². The standard InChI is InChI=1S/C27H29F2N3O4S/c1-17-2-5-21(6-3-17)37(34,35)32-15-19-14-26(19,13-18-4-7-23-22(12-18)30-16-36-23)24(32)25(33)31-20-8-10-27(28,29)11-9-20/h2-7,12,16,19-20,24H,8-11,13-15H2,1H3,(H,31,33)/t19-,24+,26+/m0/s1. The molecule has 1 amide bonds. The Morgan fingerprint density at radius 3 is 2.62 bits per heavy atom. The van der Waals surface area contributed by atoms with E-state index >= 15 is 0 Å². The van der Waals surface area contributed by atoms with Gasteiger partial charge in [-0.3, -0.25) is 4.79 Å². The molecule has 1 N–H and O–H groups in total. The zero-order valence-electron chi connectivity index (χ0n) is 20.5. The summed E-state index contributed by atoms with van der Waals surface area (Å²) in [7, 11) is -3.94. The number of alkyl halides is 2. The van der Waals surface area contributed by atoms with Crippen LogP contribution in [0, 0.1) is 18.3 Å². The smallest absolute Gasteiger partial charge is 0.248 e. The van der Waals surface area contributed by atoms with E-state index in [0.29, 0.717) is 17.5 Å². The average molecular weight is 530 g/mol. The van der Waals surface area contributed by atoms with E-state index in [1.807, 2.05) is 25.1 Å². The summed E-state index contributed by atoms with van der Waals surface area (Å²) in [5.74, 6) is -3.07. The molecular formula is C27H29F2N3O4S. The van der Waals surface area contributed by atoms with E-state index < -0.39 is 39.4 Å². The second kappa shape index (κ2) is 8.59. The lowest BCUT2D eigenvalue weighted by atomic mass is 9.87. The predicted molar refractivity (Wildman–Crippen MR) is 132 cm³/mol. The molecule has 37 heavy (non-hydrogen) atoms.